The van der Waals surface area contributed by atoms with Crippen LogP contribution in [-0.2, 0) is 13.0 Å². The molecule has 3 nitrogen and oxygen atoms in total. The molecule has 0 saturated heterocycles. The third-order valence-electron chi connectivity index (χ3n) is 3.57. The third kappa shape index (κ3) is 3.22. The maximum atomic E-state index is 12.4. The van der Waals surface area contributed by atoms with Gasteiger partial charge in [-0.3, -0.25) is 4.79 Å². The van der Waals surface area contributed by atoms with E-state index < -0.39 is 0 Å². The van der Waals surface area contributed by atoms with Gasteiger partial charge in [0, 0.05) is 21.4 Å². The largest absolute Gasteiger partial charge is 0.322 e. The maximum Gasteiger partial charge on any atom is 0.255 e. The summed E-state index contributed by atoms with van der Waals surface area (Å²) in [6, 6.07) is 11.4. The zero-order valence-electron chi connectivity index (χ0n) is 11.2. The van der Waals surface area contributed by atoms with Crippen LogP contribution in [0.15, 0.2) is 36.4 Å². The molecule has 0 unspecified atom stereocenters. The molecule has 0 fully saturated rings. The van der Waals surface area contributed by atoms with Crippen molar-refractivity contribution in [3.05, 3.63) is 61.7 Å². The summed E-state index contributed by atoms with van der Waals surface area (Å²) in [7, 11) is 0. The molecule has 108 valence electrons. The minimum atomic E-state index is -0.125. The fourth-order valence-corrected chi connectivity index (χ4v) is 3.00. The molecule has 2 aromatic carbocycles. The van der Waals surface area contributed by atoms with E-state index >= 15 is 0 Å². The lowest BCUT2D eigenvalue weighted by molar-refractivity contribution is 0.102. The van der Waals surface area contributed by atoms with E-state index in [0.29, 0.717) is 10.6 Å². The molecular weight excluding hydrogens is 399 g/mol. The van der Waals surface area contributed by atoms with Gasteiger partial charge in [-0.15, -0.1) is 0 Å². The molecule has 0 atom stereocenters. The van der Waals surface area contributed by atoms with E-state index in [0.717, 1.165) is 28.8 Å². The number of benzene rings is 2. The maximum absolute atomic E-state index is 12.4. The first-order valence-corrected chi connectivity index (χ1v) is 8.19. The van der Waals surface area contributed by atoms with Gasteiger partial charge < -0.3 is 10.6 Å². The zero-order chi connectivity index (χ0) is 14.8. The van der Waals surface area contributed by atoms with Crippen LogP contribution < -0.4 is 10.6 Å². The summed E-state index contributed by atoms with van der Waals surface area (Å²) in [6.45, 7) is 1.80. The average Bonchev–Trinajstić information content (AvgIpc) is 2.50. The van der Waals surface area contributed by atoms with Crippen molar-refractivity contribution < 1.29 is 4.79 Å². The van der Waals surface area contributed by atoms with Crippen LogP contribution in [0.1, 0.15) is 21.5 Å². The van der Waals surface area contributed by atoms with Crippen LogP contribution in [0.25, 0.3) is 0 Å². The first-order valence-electron chi connectivity index (χ1n) is 6.73. The molecule has 1 aliphatic rings. The van der Waals surface area contributed by atoms with Gasteiger partial charge in [-0.2, -0.15) is 0 Å². The van der Waals surface area contributed by atoms with Gasteiger partial charge in [0.1, 0.15) is 0 Å². The standard InChI is InChI=1S/C16H14ClIN2O/c17-13-8-10(4-5-14(13)18)16(21)20-15-3-1-2-11-9-19-7-6-12(11)15/h1-5,8,19H,6-7,9H2,(H,20,21). The highest BCUT2D eigenvalue weighted by molar-refractivity contribution is 14.1. The number of nitrogens with one attached hydrogen (secondary N) is 2. The smallest absolute Gasteiger partial charge is 0.255 e. The van der Waals surface area contributed by atoms with Gasteiger partial charge in [-0.1, -0.05) is 23.7 Å². The van der Waals surface area contributed by atoms with E-state index in [-0.39, 0.29) is 5.91 Å². The predicted octanol–water partition coefficient (Wildman–Crippen LogP) is 3.84. The van der Waals surface area contributed by atoms with Crippen LogP contribution in [-0.4, -0.2) is 12.5 Å². The van der Waals surface area contributed by atoms with Crippen molar-refractivity contribution in [2.24, 2.45) is 0 Å². The van der Waals surface area contributed by atoms with Gasteiger partial charge in [0.2, 0.25) is 0 Å². The van der Waals surface area contributed by atoms with Crippen molar-refractivity contribution in [1.29, 1.82) is 0 Å². The fourth-order valence-electron chi connectivity index (χ4n) is 2.48. The molecule has 1 amide bonds. The van der Waals surface area contributed by atoms with Crippen LogP contribution in [0.3, 0.4) is 0 Å². The molecule has 1 heterocycles. The summed E-state index contributed by atoms with van der Waals surface area (Å²) in [5, 5.41) is 6.94. The van der Waals surface area contributed by atoms with Crippen molar-refractivity contribution in [3.63, 3.8) is 0 Å². The van der Waals surface area contributed by atoms with Gasteiger partial charge >= 0.3 is 0 Å². The highest BCUT2D eigenvalue weighted by Gasteiger charge is 2.15. The number of carbonyl (C=O) groups is 1. The van der Waals surface area contributed by atoms with Crippen molar-refractivity contribution in [2.75, 3.05) is 11.9 Å². The number of hydrogen-bond donors (Lipinski definition) is 2. The monoisotopic (exact) mass is 412 g/mol. The normalized spacial score (nSPS) is 13.6. The summed E-state index contributed by atoms with van der Waals surface area (Å²) < 4.78 is 0.939. The van der Waals surface area contributed by atoms with E-state index in [1.54, 1.807) is 12.1 Å². The van der Waals surface area contributed by atoms with E-state index in [1.807, 2.05) is 18.2 Å². The molecule has 0 aromatic heterocycles. The van der Waals surface area contributed by atoms with E-state index in [4.69, 9.17) is 11.6 Å². The van der Waals surface area contributed by atoms with Crippen molar-refractivity contribution in [3.8, 4) is 0 Å². The number of halogens is 2. The summed E-state index contributed by atoms with van der Waals surface area (Å²) >= 11 is 8.23. The Kier molecular flexibility index (Phi) is 4.47. The summed E-state index contributed by atoms with van der Waals surface area (Å²) in [4.78, 5) is 12.4. The van der Waals surface area contributed by atoms with E-state index in [2.05, 4.69) is 39.3 Å². The second kappa shape index (κ2) is 6.34. The molecular formula is C16H14ClIN2O. The molecule has 3 rings (SSSR count). The Morgan fingerprint density at radius 1 is 1.29 bits per heavy atom. The molecule has 1 aliphatic heterocycles. The molecule has 2 N–H and O–H groups in total. The fraction of sp³-hybridized carbons (Fsp3) is 0.188. The Bertz CT molecular complexity index is 703. The summed E-state index contributed by atoms with van der Waals surface area (Å²) in [6.07, 6.45) is 0.930. The Morgan fingerprint density at radius 2 is 2.14 bits per heavy atom. The Labute approximate surface area is 142 Å². The number of rotatable bonds is 2. The molecule has 21 heavy (non-hydrogen) atoms. The molecule has 0 radical (unpaired) electrons. The highest BCUT2D eigenvalue weighted by atomic mass is 127. The average molecular weight is 413 g/mol. The van der Waals surface area contributed by atoms with Crippen LogP contribution in [0.5, 0.6) is 0 Å². The molecule has 0 aliphatic carbocycles. The SMILES string of the molecule is O=C(Nc1cccc2c1CCNC2)c1ccc(I)c(Cl)c1. The van der Waals surface area contributed by atoms with Crippen LogP contribution in [0.4, 0.5) is 5.69 Å². The number of hydrogen-bond acceptors (Lipinski definition) is 2. The highest BCUT2D eigenvalue weighted by Crippen LogP contribution is 2.25. The molecule has 5 heteroatoms. The quantitative estimate of drug-likeness (QED) is 0.736. The molecule has 0 saturated carbocycles. The third-order valence-corrected chi connectivity index (χ3v) is 5.14. The van der Waals surface area contributed by atoms with Gasteiger partial charge in [0.15, 0.2) is 0 Å². The lowest BCUT2D eigenvalue weighted by Gasteiger charge is -2.20. The minimum Gasteiger partial charge on any atom is -0.322 e. The van der Waals surface area contributed by atoms with Gasteiger partial charge in [0.25, 0.3) is 5.91 Å². The predicted molar refractivity (Wildman–Crippen MR) is 94.0 cm³/mol. The minimum absolute atomic E-state index is 0.125. The Balaban J connectivity index is 1.86. The van der Waals surface area contributed by atoms with Crippen molar-refractivity contribution in [1.82, 2.24) is 5.32 Å². The van der Waals surface area contributed by atoms with Crippen LogP contribution in [0, 0.1) is 3.57 Å². The van der Waals surface area contributed by atoms with Gasteiger partial charge in [0.05, 0.1) is 5.02 Å². The zero-order valence-corrected chi connectivity index (χ0v) is 14.2. The summed E-state index contributed by atoms with van der Waals surface area (Å²) in [5.74, 6) is -0.125. The number of fused-ring (bicyclic) bond motifs is 1. The van der Waals surface area contributed by atoms with E-state index in [1.165, 1.54) is 11.1 Å². The number of anilines is 1. The van der Waals surface area contributed by atoms with Crippen LogP contribution in [0.2, 0.25) is 5.02 Å². The molecule has 0 bridgehead atoms. The van der Waals surface area contributed by atoms with Crippen LogP contribution >= 0.6 is 34.2 Å². The first-order chi connectivity index (χ1) is 10.1. The summed E-state index contributed by atoms with van der Waals surface area (Å²) in [5.41, 5.74) is 3.95. The van der Waals surface area contributed by atoms with Gasteiger partial charge in [-0.25, -0.2) is 0 Å². The second-order valence-electron chi connectivity index (χ2n) is 4.95. The lowest BCUT2D eigenvalue weighted by Crippen LogP contribution is -2.25. The van der Waals surface area contributed by atoms with Crippen molar-refractivity contribution in [2.45, 2.75) is 13.0 Å². The Morgan fingerprint density at radius 3 is 2.95 bits per heavy atom. The Hall–Kier alpha value is -1.11. The first kappa shape index (κ1) is 14.8. The topological polar surface area (TPSA) is 41.1 Å². The number of amides is 1. The molecule has 2 aromatic rings. The molecule has 0 spiro atoms. The second-order valence-corrected chi connectivity index (χ2v) is 6.52. The van der Waals surface area contributed by atoms with E-state index in [9.17, 15) is 4.79 Å². The van der Waals surface area contributed by atoms with Gasteiger partial charge in [-0.05, 0) is 70.9 Å². The van der Waals surface area contributed by atoms with Crippen molar-refractivity contribution >= 4 is 45.8 Å². The number of carbonyl (C=O) groups excluding carboxylic acids is 1. The lowest BCUT2D eigenvalue weighted by atomic mass is 9.99.